The van der Waals surface area contributed by atoms with Crippen molar-refractivity contribution in [3.05, 3.63) is 78.2 Å². The molecule has 3 heterocycles. The summed E-state index contributed by atoms with van der Waals surface area (Å²) in [5, 5.41) is 12.8. The quantitative estimate of drug-likeness (QED) is 0.611. The van der Waals surface area contributed by atoms with Gasteiger partial charge in [-0.1, -0.05) is 36.4 Å². The van der Waals surface area contributed by atoms with Crippen molar-refractivity contribution in [1.29, 1.82) is 5.26 Å². The second kappa shape index (κ2) is 6.65. The number of hydrogen-bond donors (Lipinski definition) is 1. The summed E-state index contributed by atoms with van der Waals surface area (Å²) in [5.41, 5.74) is 3.67. The molecule has 0 saturated heterocycles. The van der Waals surface area contributed by atoms with Crippen LogP contribution in [0, 0.1) is 11.3 Å². The Balaban J connectivity index is 1.74. The number of pyridine rings is 1. The van der Waals surface area contributed by atoms with Crippen LogP contribution in [0.3, 0.4) is 0 Å². The van der Waals surface area contributed by atoms with Gasteiger partial charge in [0.05, 0.1) is 29.7 Å². The van der Waals surface area contributed by atoms with E-state index in [9.17, 15) is 5.26 Å². The van der Waals surface area contributed by atoms with Gasteiger partial charge < -0.3 is 5.32 Å². The van der Waals surface area contributed by atoms with Gasteiger partial charge in [-0.2, -0.15) is 5.26 Å². The molecule has 0 unspecified atom stereocenters. The highest BCUT2D eigenvalue weighted by atomic mass is 15.1. The van der Waals surface area contributed by atoms with Crippen LogP contribution in [0.4, 0.5) is 5.95 Å². The van der Waals surface area contributed by atoms with Crippen molar-refractivity contribution in [2.75, 3.05) is 5.32 Å². The number of nitriles is 1. The predicted octanol–water partition coefficient (Wildman–Crippen LogP) is 3.84. The highest BCUT2D eigenvalue weighted by molar-refractivity contribution is 5.67. The summed E-state index contributed by atoms with van der Waals surface area (Å²) in [4.78, 5) is 13.3. The van der Waals surface area contributed by atoms with Gasteiger partial charge >= 0.3 is 0 Å². The van der Waals surface area contributed by atoms with Crippen molar-refractivity contribution in [1.82, 2.24) is 19.4 Å². The molecule has 0 aliphatic rings. The summed E-state index contributed by atoms with van der Waals surface area (Å²) in [7, 11) is 0. The minimum atomic E-state index is 0.0409. The van der Waals surface area contributed by atoms with Crippen molar-refractivity contribution in [3.63, 3.8) is 0 Å². The van der Waals surface area contributed by atoms with Crippen molar-refractivity contribution in [2.45, 2.75) is 13.0 Å². The minimum Gasteiger partial charge on any atom is -0.348 e. The first-order valence-corrected chi connectivity index (χ1v) is 8.27. The largest absolute Gasteiger partial charge is 0.348 e. The first-order valence-electron chi connectivity index (χ1n) is 8.27. The molecule has 1 atom stereocenters. The predicted molar refractivity (Wildman–Crippen MR) is 99.4 cm³/mol. The van der Waals surface area contributed by atoms with E-state index in [-0.39, 0.29) is 6.04 Å². The minimum absolute atomic E-state index is 0.0409. The van der Waals surface area contributed by atoms with Crippen LogP contribution in [0.5, 0.6) is 0 Å². The van der Waals surface area contributed by atoms with E-state index in [1.54, 1.807) is 12.4 Å². The van der Waals surface area contributed by atoms with Gasteiger partial charge in [0.25, 0.3) is 0 Å². The first-order chi connectivity index (χ1) is 12.8. The fourth-order valence-electron chi connectivity index (χ4n) is 2.85. The Morgan fingerprint density at radius 2 is 1.85 bits per heavy atom. The van der Waals surface area contributed by atoms with Crippen LogP contribution in [0.1, 0.15) is 24.1 Å². The maximum atomic E-state index is 9.46. The van der Waals surface area contributed by atoms with Gasteiger partial charge in [-0.3, -0.25) is 4.40 Å². The summed E-state index contributed by atoms with van der Waals surface area (Å²) < 4.78 is 1.91. The van der Waals surface area contributed by atoms with Gasteiger partial charge in [0.15, 0.2) is 0 Å². The Morgan fingerprint density at radius 1 is 1.04 bits per heavy atom. The number of rotatable bonds is 4. The molecule has 0 radical (unpaired) electrons. The molecule has 1 aromatic carbocycles. The normalized spacial score (nSPS) is 11.8. The molecule has 3 aromatic heterocycles. The Bertz CT molecular complexity index is 1090. The van der Waals surface area contributed by atoms with Gasteiger partial charge in [-0.25, -0.2) is 15.0 Å². The molecule has 0 spiro atoms. The van der Waals surface area contributed by atoms with Gasteiger partial charge in [0.2, 0.25) is 5.95 Å². The molecular weight excluding hydrogens is 324 g/mol. The van der Waals surface area contributed by atoms with Crippen LogP contribution in [-0.2, 0) is 0 Å². The summed E-state index contributed by atoms with van der Waals surface area (Å²) in [6, 6.07) is 18.0. The number of hydrogen-bond acceptors (Lipinski definition) is 5. The van der Waals surface area contributed by atoms with Crippen molar-refractivity contribution < 1.29 is 0 Å². The monoisotopic (exact) mass is 340 g/mol. The molecule has 4 aromatic rings. The SMILES string of the molecule is C[C@H](Nc1ncc(C#N)c(-c2cnc3ccccn23)n1)c1ccccc1. The highest BCUT2D eigenvalue weighted by Gasteiger charge is 2.15. The Morgan fingerprint density at radius 3 is 2.65 bits per heavy atom. The van der Waals surface area contributed by atoms with Gasteiger partial charge in [0, 0.05) is 6.20 Å². The summed E-state index contributed by atoms with van der Waals surface area (Å²) in [6.45, 7) is 2.05. The Labute approximate surface area is 150 Å². The zero-order valence-electron chi connectivity index (χ0n) is 14.2. The van der Waals surface area contributed by atoms with E-state index in [1.807, 2.05) is 66.1 Å². The number of nitrogens with one attached hydrogen (secondary N) is 1. The number of aromatic nitrogens is 4. The molecule has 126 valence electrons. The Kier molecular flexibility index (Phi) is 4.04. The molecule has 0 bridgehead atoms. The van der Waals surface area contributed by atoms with E-state index in [4.69, 9.17) is 0 Å². The van der Waals surface area contributed by atoms with Crippen LogP contribution in [0.25, 0.3) is 17.0 Å². The van der Waals surface area contributed by atoms with E-state index in [1.165, 1.54) is 0 Å². The fraction of sp³-hybridized carbons (Fsp3) is 0.100. The number of nitrogens with zero attached hydrogens (tertiary/aromatic N) is 5. The molecular formula is C20H16N6. The van der Waals surface area contributed by atoms with Crippen molar-refractivity contribution in [2.24, 2.45) is 0 Å². The van der Waals surface area contributed by atoms with E-state index in [0.717, 1.165) is 16.9 Å². The van der Waals surface area contributed by atoms with Gasteiger partial charge in [-0.05, 0) is 24.6 Å². The molecule has 0 saturated carbocycles. The maximum Gasteiger partial charge on any atom is 0.223 e. The van der Waals surface area contributed by atoms with Crippen LogP contribution in [0.2, 0.25) is 0 Å². The second-order valence-corrected chi connectivity index (χ2v) is 5.92. The topological polar surface area (TPSA) is 78.9 Å². The number of imidazole rings is 1. The van der Waals surface area contributed by atoms with Crippen molar-refractivity contribution >= 4 is 11.6 Å². The molecule has 0 aliphatic heterocycles. The van der Waals surface area contributed by atoms with Gasteiger partial charge in [0.1, 0.15) is 17.4 Å². The maximum absolute atomic E-state index is 9.46. The molecule has 6 nitrogen and oxygen atoms in total. The van der Waals surface area contributed by atoms with Crippen LogP contribution in [-0.4, -0.2) is 19.4 Å². The van der Waals surface area contributed by atoms with Gasteiger partial charge in [-0.15, -0.1) is 0 Å². The lowest BCUT2D eigenvalue weighted by atomic mass is 10.1. The number of anilines is 1. The third kappa shape index (κ3) is 2.87. The molecule has 0 amide bonds. The average molecular weight is 340 g/mol. The number of benzene rings is 1. The number of fused-ring (bicyclic) bond motifs is 1. The highest BCUT2D eigenvalue weighted by Crippen LogP contribution is 2.24. The standard InChI is InChI=1S/C20H16N6/c1-14(15-7-3-2-4-8-15)24-20-23-12-16(11-21)19(25-20)17-13-22-18-9-5-6-10-26(17)18/h2-10,12-14H,1H3,(H,23,24,25)/t14-/m0/s1. The molecule has 0 aliphatic carbocycles. The molecule has 6 heteroatoms. The fourth-order valence-corrected chi connectivity index (χ4v) is 2.85. The van der Waals surface area contributed by atoms with Crippen LogP contribution < -0.4 is 5.32 Å². The molecule has 26 heavy (non-hydrogen) atoms. The lowest BCUT2D eigenvalue weighted by Crippen LogP contribution is -2.10. The van der Waals surface area contributed by atoms with Crippen LogP contribution >= 0.6 is 0 Å². The summed E-state index contributed by atoms with van der Waals surface area (Å²) >= 11 is 0. The smallest absolute Gasteiger partial charge is 0.223 e. The average Bonchev–Trinajstić information content (AvgIpc) is 3.12. The summed E-state index contributed by atoms with van der Waals surface area (Å²) in [6.07, 6.45) is 5.17. The first kappa shape index (κ1) is 15.8. The third-order valence-corrected chi connectivity index (χ3v) is 4.21. The lowest BCUT2D eigenvalue weighted by molar-refractivity contribution is 0.860. The van der Waals surface area contributed by atoms with E-state index < -0.39 is 0 Å². The summed E-state index contributed by atoms with van der Waals surface area (Å²) in [5.74, 6) is 0.473. The van der Waals surface area contributed by atoms with E-state index in [0.29, 0.717) is 17.2 Å². The Hall–Kier alpha value is -3.72. The van der Waals surface area contributed by atoms with Crippen LogP contribution in [0.15, 0.2) is 67.1 Å². The zero-order valence-corrected chi connectivity index (χ0v) is 14.2. The second-order valence-electron chi connectivity index (χ2n) is 5.92. The van der Waals surface area contributed by atoms with Crippen molar-refractivity contribution in [3.8, 4) is 17.5 Å². The molecule has 4 rings (SSSR count). The third-order valence-electron chi connectivity index (χ3n) is 4.21. The van der Waals surface area contributed by atoms with E-state index >= 15 is 0 Å². The van der Waals surface area contributed by atoms with E-state index in [2.05, 4.69) is 26.3 Å². The molecule has 1 N–H and O–H groups in total. The molecule has 0 fully saturated rings. The lowest BCUT2D eigenvalue weighted by Gasteiger charge is -2.15. The zero-order chi connectivity index (χ0) is 17.9.